The molecule has 0 fully saturated rings. The number of halogens is 1. The lowest BCUT2D eigenvalue weighted by atomic mass is 10.1. The number of anilines is 1. The molecule has 2 aromatic heterocycles. The van der Waals surface area contributed by atoms with E-state index >= 15 is 0 Å². The Kier molecular flexibility index (Phi) is 6.08. The third-order valence-corrected chi connectivity index (χ3v) is 5.65. The average molecular weight is 437 g/mol. The Hall–Kier alpha value is -3.52. The summed E-state index contributed by atoms with van der Waals surface area (Å²) in [6.45, 7) is 4.63. The van der Waals surface area contributed by atoms with Crippen LogP contribution in [0.4, 0.5) is 10.3 Å². The van der Waals surface area contributed by atoms with Gasteiger partial charge in [-0.15, -0.1) is 16.4 Å². The summed E-state index contributed by atoms with van der Waals surface area (Å²) in [6, 6.07) is 14.3. The summed E-state index contributed by atoms with van der Waals surface area (Å²) in [4.78, 5) is 17.1. The van der Waals surface area contributed by atoms with Crippen LogP contribution in [-0.4, -0.2) is 20.7 Å². The van der Waals surface area contributed by atoms with Gasteiger partial charge in [-0.05, 0) is 48.6 Å². The van der Waals surface area contributed by atoms with Crippen molar-refractivity contribution in [1.29, 1.82) is 0 Å². The summed E-state index contributed by atoms with van der Waals surface area (Å²) >= 11 is 1.33. The lowest BCUT2D eigenvalue weighted by molar-refractivity contribution is 0.102. The molecular formula is C23H21FN4O2S. The van der Waals surface area contributed by atoms with Gasteiger partial charge in [0.05, 0.1) is 11.4 Å². The molecule has 0 bridgehead atoms. The summed E-state index contributed by atoms with van der Waals surface area (Å²) in [6.07, 6.45) is 1.46. The number of carbonyl (C=O) groups excluding carboxylic acids is 1. The zero-order valence-electron chi connectivity index (χ0n) is 17.1. The third-order valence-electron chi connectivity index (χ3n) is 4.67. The first-order valence-corrected chi connectivity index (χ1v) is 10.6. The lowest BCUT2D eigenvalue weighted by Crippen LogP contribution is -2.12. The standard InChI is InChI=1S/C23H21FN4O2S/c1-15-7-8-16(2)20(9-15)30-12-17-10-21(31-13-17)22(29)26-23-25-14-28(27-23)11-18-5-3-4-6-19(18)24/h3-10,13-14H,11-12H2,1-2H3,(H,26,27,29). The Labute approximate surface area is 183 Å². The molecule has 6 nitrogen and oxygen atoms in total. The van der Waals surface area contributed by atoms with Crippen molar-refractivity contribution in [3.05, 3.63) is 93.2 Å². The molecule has 8 heteroatoms. The van der Waals surface area contributed by atoms with E-state index < -0.39 is 0 Å². The highest BCUT2D eigenvalue weighted by molar-refractivity contribution is 7.12. The van der Waals surface area contributed by atoms with E-state index in [1.54, 1.807) is 24.3 Å². The lowest BCUT2D eigenvalue weighted by Gasteiger charge is -2.08. The molecule has 2 heterocycles. The number of nitrogens with zero attached hydrogens (tertiary/aromatic N) is 3. The number of rotatable bonds is 7. The zero-order valence-corrected chi connectivity index (χ0v) is 17.9. The van der Waals surface area contributed by atoms with Gasteiger partial charge in [0, 0.05) is 11.1 Å². The molecule has 0 saturated carbocycles. The Morgan fingerprint density at radius 1 is 1.19 bits per heavy atom. The molecule has 31 heavy (non-hydrogen) atoms. The number of aromatic nitrogens is 3. The minimum absolute atomic E-state index is 0.169. The summed E-state index contributed by atoms with van der Waals surface area (Å²) in [5, 5.41) is 8.77. The monoisotopic (exact) mass is 436 g/mol. The predicted octanol–water partition coefficient (Wildman–Crippen LogP) is 4.98. The van der Waals surface area contributed by atoms with Gasteiger partial charge < -0.3 is 4.74 Å². The van der Waals surface area contributed by atoms with E-state index in [1.165, 1.54) is 28.4 Å². The van der Waals surface area contributed by atoms with Crippen LogP contribution >= 0.6 is 11.3 Å². The Morgan fingerprint density at radius 2 is 2.03 bits per heavy atom. The third kappa shape index (κ3) is 5.16. The Bertz CT molecular complexity index is 1220. The molecule has 0 aliphatic heterocycles. The fraction of sp³-hybridized carbons (Fsp3) is 0.174. The second-order valence-corrected chi connectivity index (χ2v) is 8.10. The van der Waals surface area contributed by atoms with E-state index in [0.717, 1.165) is 22.4 Å². The first kappa shape index (κ1) is 20.7. The van der Waals surface area contributed by atoms with Gasteiger partial charge >= 0.3 is 0 Å². The number of hydrogen-bond acceptors (Lipinski definition) is 5. The fourth-order valence-electron chi connectivity index (χ4n) is 2.99. The number of thiophene rings is 1. The van der Waals surface area contributed by atoms with E-state index in [-0.39, 0.29) is 24.2 Å². The topological polar surface area (TPSA) is 69.0 Å². The van der Waals surface area contributed by atoms with Crippen LogP contribution < -0.4 is 10.1 Å². The second-order valence-electron chi connectivity index (χ2n) is 7.19. The molecule has 0 saturated heterocycles. The fourth-order valence-corrected chi connectivity index (χ4v) is 3.78. The maximum absolute atomic E-state index is 13.8. The minimum atomic E-state index is -0.308. The molecule has 0 atom stereocenters. The quantitative estimate of drug-likeness (QED) is 0.444. The van der Waals surface area contributed by atoms with Crippen LogP contribution in [0.25, 0.3) is 0 Å². The van der Waals surface area contributed by atoms with Gasteiger partial charge in [-0.3, -0.25) is 10.1 Å². The van der Waals surface area contributed by atoms with Crippen molar-refractivity contribution >= 4 is 23.2 Å². The van der Waals surface area contributed by atoms with Crippen LogP contribution in [-0.2, 0) is 13.2 Å². The number of ether oxygens (including phenoxy) is 1. The molecule has 0 aliphatic carbocycles. The maximum atomic E-state index is 13.8. The largest absolute Gasteiger partial charge is 0.489 e. The molecule has 1 amide bonds. The van der Waals surface area contributed by atoms with Gasteiger partial charge in [0.1, 0.15) is 24.5 Å². The van der Waals surface area contributed by atoms with Crippen molar-refractivity contribution in [2.24, 2.45) is 0 Å². The first-order valence-electron chi connectivity index (χ1n) is 9.69. The molecule has 2 aromatic carbocycles. The average Bonchev–Trinajstić information content (AvgIpc) is 3.40. The van der Waals surface area contributed by atoms with E-state index in [4.69, 9.17) is 4.74 Å². The van der Waals surface area contributed by atoms with Crippen molar-refractivity contribution in [2.45, 2.75) is 27.0 Å². The van der Waals surface area contributed by atoms with Crippen molar-refractivity contribution in [2.75, 3.05) is 5.32 Å². The Balaban J connectivity index is 1.35. The van der Waals surface area contributed by atoms with Gasteiger partial charge in [0.15, 0.2) is 0 Å². The van der Waals surface area contributed by atoms with Gasteiger partial charge in [-0.25, -0.2) is 14.1 Å². The predicted molar refractivity (Wildman–Crippen MR) is 118 cm³/mol. The number of carbonyl (C=O) groups is 1. The van der Waals surface area contributed by atoms with Crippen molar-refractivity contribution < 1.29 is 13.9 Å². The van der Waals surface area contributed by atoms with Gasteiger partial charge in [0.25, 0.3) is 5.91 Å². The van der Waals surface area contributed by atoms with Crippen LogP contribution in [0.15, 0.2) is 60.2 Å². The highest BCUT2D eigenvalue weighted by Gasteiger charge is 2.13. The van der Waals surface area contributed by atoms with Crippen molar-refractivity contribution in [1.82, 2.24) is 14.8 Å². The van der Waals surface area contributed by atoms with Gasteiger partial charge in [0.2, 0.25) is 5.95 Å². The molecule has 4 rings (SSSR count). The molecule has 0 aliphatic rings. The Morgan fingerprint density at radius 3 is 2.87 bits per heavy atom. The maximum Gasteiger partial charge on any atom is 0.268 e. The van der Waals surface area contributed by atoms with Crippen LogP contribution in [0.1, 0.15) is 31.9 Å². The molecule has 1 N–H and O–H groups in total. The SMILES string of the molecule is Cc1ccc(C)c(OCc2csc(C(=O)Nc3ncn(Cc4ccccc4F)n3)c2)c1. The van der Waals surface area contributed by atoms with Crippen LogP contribution in [0.2, 0.25) is 0 Å². The zero-order chi connectivity index (χ0) is 21.8. The van der Waals surface area contributed by atoms with E-state index in [1.807, 2.05) is 37.4 Å². The smallest absolute Gasteiger partial charge is 0.268 e. The number of benzene rings is 2. The van der Waals surface area contributed by atoms with E-state index in [2.05, 4.69) is 15.4 Å². The molecule has 158 valence electrons. The second kappa shape index (κ2) is 9.09. The van der Waals surface area contributed by atoms with Crippen LogP contribution in [0, 0.1) is 19.7 Å². The molecular weight excluding hydrogens is 415 g/mol. The van der Waals surface area contributed by atoms with Crippen LogP contribution in [0.5, 0.6) is 5.75 Å². The molecule has 0 radical (unpaired) electrons. The van der Waals surface area contributed by atoms with Crippen molar-refractivity contribution in [3.63, 3.8) is 0 Å². The molecule has 4 aromatic rings. The summed E-state index contributed by atoms with van der Waals surface area (Å²) < 4.78 is 21.2. The highest BCUT2D eigenvalue weighted by atomic mass is 32.1. The van der Waals surface area contributed by atoms with Crippen molar-refractivity contribution in [3.8, 4) is 5.75 Å². The van der Waals surface area contributed by atoms with Gasteiger partial charge in [-0.1, -0.05) is 30.3 Å². The van der Waals surface area contributed by atoms with E-state index in [9.17, 15) is 9.18 Å². The summed E-state index contributed by atoms with van der Waals surface area (Å²) in [5.74, 6) is 0.397. The van der Waals surface area contributed by atoms with E-state index in [0.29, 0.717) is 17.0 Å². The first-order chi connectivity index (χ1) is 15.0. The number of nitrogens with one attached hydrogen (secondary N) is 1. The summed E-state index contributed by atoms with van der Waals surface area (Å²) in [5.41, 5.74) is 3.61. The van der Waals surface area contributed by atoms with Crippen LogP contribution in [0.3, 0.4) is 0 Å². The normalized spacial score (nSPS) is 10.8. The number of amides is 1. The number of hydrogen-bond donors (Lipinski definition) is 1. The number of aryl methyl sites for hydroxylation is 2. The minimum Gasteiger partial charge on any atom is -0.489 e. The molecule has 0 unspecified atom stereocenters. The molecule has 0 spiro atoms. The summed E-state index contributed by atoms with van der Waals surface area (Å²) in [7, 11) is 0. The van der Waals surface area contributed by atoms with Gasteiger partial charge in [-0.2, -0.15) is 0 Å². The highest BCUT2D eigenvalue weighted by Crippen LogP contribution is 2.22.